The van der Waals surface area contributed by atoms with Gasteiger partial charge in [-0.25, -0.2) is 4.99 Å². The Balaban J connectivity index is 0.00000364. The predicted octanol–water partition coefficient (Wildman–Crippen LogP) is 2.70. The topological polar surface area (TPSA) is 60.0 Å². The van der Waals surface area contributed by atoms with Crippen LogP contribution >= 0.6 is 24.0 Å². The zero-order chi connectivity index (χ0) is 18.9. The number of nitrogens with zero attached hydrogens (tertiary/aromatic N) is 3. The van der Waals surface area contributed by atoms with Crippen molar-refractivity contribution in [2.75, 3.05) is 38.6 Å². The van der Waals surface area contributed by atoms with Crippen LogP contribution in [0, 0.1) is 0 Å². The summed E-state index contributed by atoms with van der Waals surface area (Å²) in [6.45, 7) is 6.48. The fraction of sp³-hybridized carbons (Fsp3) is 0.600. The van der Waals surface area contributed by atoms with Gasteiger partial charge in [-0.05, 0) is 38.3 Å². The number of carbonyl (C=O) groups excluding carboxylic acids is 1. The molecule has 0 saturated carbocycles. The van der Waals surface area contributed by atoms with Crippen LogP contribution in [0.5, 0.6) is 0 Å². The fourth-order valence-corrected chi connectivity index (χ4v) is 2.87. The molecule has 0 aromatic heterocycles. The highest BCUT2D eigenvalue weighted by Crippen LogP contribution is 2.19. The van der Waals surface area contributed by atoms with Crippen LogP contribution in [0.25, 0.3) is 0 Å². The van der Waals surface area contributed by atoms with E-state index in [0.29, 0.717) is 12.1 Å². The van der Waals surface area contributed by atoms with Gasteiger partial charge < -0.3 is 20.4 Å². The number of piperidine rings is 1. The van der Waals surface area contributed by atoms with Crippen molar-refractivity contribution in [3.05, 3.63) is 30.3 Å². The van der Waals surface area contributed by atoms with Crippen molar-refractivity contribution in [2.24, 2.45) is 4.99 Å². The third kappa shape index (κ3) is 7.94. The summed E-state index contributed by atoms with van der Waals surface area (Å²) in [4.78, 5) is 20.3. The van der Waals surface area contributed by atoms with Gasteiger partial charge in [-0.15, -0.1) is 24.0 Å². The van der Waals surface area contributed by atoms with Crippen molar-refractivity contribution in [1.82, 2.24) is 15.5 Å². The second kappa shape index (κ2) is 12.0. The van der Waals surface area contributed by atoms with Crippen LogP contribution in [-0.2, 0) is 4.79 Å². The Hall–Kier alpha value is -1.51. The van der Waals surface area contributed by atoms with E-state index in [1.807, 2.05) is 0 Å². The molecular formula is C20H34IN5O. The van der Waals surface area contributed by atoms with Crippen LogP contribution in [0.1, 0.15) is 33.1 Å². The third-order valence-corrected chi connectivity index (χ3v) is 4.82. The smallest absolute Gasteiger partial charge is 0.243 e. The van der Waals surface area contributed by atoms with Gasteiger partial charge >= 0.3 is 0 Å². The molecular weight excluding hydrogens is 453 g/mol. The first-order chi connectivity index (χ1) is 12.5. The van der Waals surface area contributed by atoms with E-state index in [0.717, 1.165) is 38.3 Å². The Morgan fingerprint density at radius 1 is 1.26 bits per heavy atom. The molecule has 1 aromatic rings. The average Bonchev–Trinajstić information content (AvgIpc) is 2.66. The molecule has 1 atom stereocenters. The van der Waals surface area contributed by atoms with Gasteiger partial charge in [0.05, 0.1) is 0 Å². The minimum atomic E-state index is 0. The summed E-state index contributed by atoms with van der Waals surface area (Å²) in [6.07, 6.45) is 3.12. The number of guanidine groups is 1. The maximum absolute atomic E-state index is 11.9. The second-order valence-electron chi connectivity index (χ2n) is 7.15. The number of hydrogen-bond acceptors (Lipinski definition) is 3. The highest BCUT2D eigenvalue weighted by atomic mass is 127. The molecule has 1 aromatic carbocycles. The molecule has 0 bridgehead atoms. The number of para-hydroxylation sites is 1. The van der Waals surface area contributed by atoms with Crippen molar-refractivity contribution < 1.29 is 4.79 Å². The summed E-state index contributed by atoms with van der Waals surface area (Å²) in [5.74, 6) is 0.752. The number of benzene rings is 1. The van der Waals surface area contributed by atoms with Gasteiger partial charge in [0, 0.05) is 45.0 Å². The van der Waals surface area contributed by atoms with Crippen molar-refractivity contribution in [2.45, 2.75) is 45.2 Å². The molecule has 1 unspecified atom stereocenters. The van der Waals surface area contributed by atoms with Crippen molar-refractivity contribution in [1.29, 1.82) is 0 Å². The molecule has 27 heavy (non-hydrogen) atoms. The first-order valence-electron chi connectivity index (χ1n) is 9.57. The normalized spacial score (nSPS) is 16.3. The summed E-state index contributed by atoms with van der Waals surface area (Å²) in [7, 11) is 3.51. The zero-order valence-electron chi connectivity index (χ0n) is 16.9. The number of amides is 1. The monoisotopic (exact) mass is 487 g/mol. The third-order valence-electron chi connectivity index (χ3n) is 4.82. The molecule has 0 spiro atoms. The first-order valence-corrected chi connectivity index (χ1v) is 9.57. The number of anilines is 1. The lowest BCUT2D eigenvalue weighted by Crippen LogP contribution is -2.50. The number of likely N-dealkylation sites (N-methyl/N-ethyl adjacent to an activating group) is 1. The van der Waals surface area contributed by atoms with E-state index in [1.54, 1.807) is 19.0 Å². The van der Waals surface area contributed by atoms with Crippen molar-refractivity contribution in [3.63, 3.8) is 0 Å². The SMILES string of the molecule is CCC(C)NC(=NCC(=O)N(C)C)NC1CCN(c2ccccc2)CC1.I. The van der Waals surface area contributed by atoms with Crippen LogP contribution in [0.3, 0.4) is 0 Å². The standard InChI is InChI=1S/C20H33N5O.HI/c1-5-16(2)22-20(21-15-19(26)24(3)4)23-17-11-13-25(14-12-17)18-9-7-6-8-10-18;/h6-10,16-17H,5,11-15H2,1-4H3,(H2,21,22,23);1H. The summed E-state index contributed by atoms with van der Waals surface area (Å²) in [5, 5.41) is 6.93. The van der Waals surface area contributed by atoms with E-state index in [1.165, 1.54) is 5.69 Å². The highest BCUT2D eigenvalue weighted by Gasteiger charge is 2.20. The summed E-state index contributed by atoms with van der Waals surface area (Å²) < 4.78 is 0. The number of aliphatic imine (C=N–C) groups is 1. The quantitative estimate of drug-likeness (QED) is 0.368. The summed E-state index contributed by atoms with van der Waals surface area (Å²) >= 11 is 0. The van der Waals surface area contributed by atoms with E-state index in [4.69, 9.17) is 0 Å². The van der Waals surface area contributed by atoms with Gasteiger partial charge in [0.2, 0.25) is 5.91 Å². The molecule has 1 aliphatic rings. The van der Waals surface area contributed by atoms with Crippen LogP contribution in [0.4, 0.5) is 5.69 Å². The van der Waals surface area contributed by atoms with Crippen LogP contribution < -0.4 is 15.5 Å². The Morgan fingerprint density at radius 2 is 1.89 bits per heavy atom. The molecule has 1 fully saturated rings. The number of hydrogen-bond donors (Lipinski definition) is 2. The van der Waals surface area contributed by atoms with Gasteiger partial charge in [-0.1, -0.05) is 25.1 Å². The Bertz CT molecular complexity index is 585. The van der Waals surface area contributed by atoms with Gasteiger partial charge in [-0.3, -0.25) is 4.79 Å². The Kier molecular flexibility index (Phi) is 10.5. The number of nitrogens with one attached hydrogen (secondary N) is 2. The number of carbonyl (C=O) groups is 1. The second-order valence-corrected chi connectivity index (χ2v) is 7.15. The highest BCUT2D eigenvalue weighted by molar-refractivity contribution is 14.0. The van der Waals surface area contributed by atoms with Crippen LogP contribution in [0.2, 0.25) is 0 Å². The lowest BCUT2D eigenvalue weighted by atomic mass is 10.0. The predicted molar refractivity (Wildman–Crippen MR) is 124 cm³/mol. The molecule has 1 amide bonds. The van der Waals surface area contributed by atoms with Crippen molar-refractivity contribution >= 4 is 41.5 Å². The Labute approximate surface area is 180 Å². The maximum Gasteiger partial charge on any atom is 0.243 e. The largest absolute Gasteiger partial charge is 0.371 e. The molecule has 1 heterocycles. The number of rotatable bonds is 6. The van der Waals surface area contributed by atoms with E-state index >= 15 is 0 Å². The van der Waals surface area contributed by atoms with Crippen molar-refractivity contribution in [3.8, 4) is 0 Å². The minimum Gasteiger partial charge on any atom is -0.371 e. The van der Waals surface area contributed by atoms with E-state index in [2.05, 4.69) is 64.7 Å². The maximum atomic E-state index is 11.9. The minimum absolute atomic E-state index is 0. The zero-order valence-corrected chi connectivity index (χ0v) is 19.3. The molecule has 0 radical (unpaired) electrons. The molecule has 2 N–H and O–H groups in total. The van der Waals surface area contributed by atoms with Crippen LogP contribution in [0.15, 0.2) is 35.3 Å². The Morgan fingerprint density at radius 3 is 2.44 bits per heavy atom. The van der Waals surface area contributed by atoms with Gasteiger partial charge in [0.1, 0.15) is 6.54 Å². The van der Waals surface area contributed by atoms with Gasteiger partial charge in [0.25, 0.3) is 0 Å². The molecule has 6 nitrogen and oxygen atoms in total. The lowest BCUT2D eigenvalue weighted by Gasteiger charge is -2.35. The molecule has 0 aliphatic carbocycles. The van der Waals surface area contributed by atoms with E-state index in [9.17, 15) is 4.79 Å². The van der Waals surface area contributed by atoms with Gasteiger partial charge in [0.15, 0.2) is 5.96 Å². The van der Waals surface area contributed by atoms with E-state index < -0.39 is 0 Å². The van der Waals surface area contributed by atoms with E-state index in [-0.39, 0.29) is 36.4 Å². The molecule has 152 valence electrons. The molecule has 2 rings (SSSR count). The van der Waals surface area contributed by atoms with Gasteiger partial charge in [-0.2, -0.15) is 0 Å². The number of halogens is 1. The molecule has 7 heteroatoms. The fourth-order valence-electron chi connectivity index (χ4n) is 2.87. The summed E-state index contributed by atoms with van der Waals surface area (Å²) in [5.41, 5.74) is 1.29. The van der Waals surface area contributed by atoms with Crippen LogP contribution in [-0.4, -0.2) is 62.6 Å². The molecule has 1 saturated heterocycles. The summed E-state index contributed by atoms with van der Waals surface area (Å²) in [6, 6.07) is 11.2. The average molecular weight is 487 g/mol. The molecule has 1 aliphatic heterocycles. The first kappa shape index (κ1) is 23.5. The lowest BCUT2D eigenvalue weighted by molar-refractivity contribution is -0.127.